The minimum absolute atomic E-state index is 0.0276. The molecule has 0 saturated heterocycles. The molecule has 0 radical (unpaired) electrons. The number of hydrogen-bond donors (Lipinski definition) is 2. The number of benzene rings is 2. The molecule has 1 amide bonds. The smallest absolute Gasteiger partial charge is 0.303 e. The maximum absolute atomic E-state index is 12.1. The number of rotatable bonds is 10. The summed E-state index contributed by atoms with van der Waals surface area (Å²) >= 11 is 9.61. The first kappa shape index (κ1) is 23.2. The number of carboxylic acid groups (broad SMARTS) is 1. The molecule has 156 valence electrons. The molecule has 7 nitrogen and oxygen atoms in total. The fraction of sp³-hybridized carbons (Fsp3) is 0.263. The maximum atomic E-state index is 12.1. The Kier molecular flexibility index (Phi) is 8.91. The molecule has 2 aromatic carbocycles. The summed E-state index contributed by atoms with van der Waals surface area (Å²) in [6.45, 7) is 0.390. The number of halogens is 2. The predicted octanol–water partition coefficient (Wildman–Crippen LogP) is 3.43. The fourth-order valence-electron chi connectivity index (χ4n) is 2.58. The highest BCUT2D eigenvalue weighted by Gasteiger charge is 2.12. The zero-order valence-corrected chi connectivity index (χ0v) is 17.6. The number of nitrogens with one attached hydrogen (secondary N) is 1. The summed E-state index contributed by atoms with van der Waals surface area (Å²) in [6, 6.07) is 11.2. The van der Waals surface area contributed by atoms with Crippen LogP contribution in [0.1, 0.15) is 28.8 Å². The molecule has 0 heterocycles. The summed E-state index contributed by atoms with van der Waals surface area (Å²) in [5.74, 6) is -1.28. The highest BCUT2D eigenvalue weighted by molar-refractivity contribution is 7.80. The summed E-state index contributed by atoms with van der Waals surface area (Å²) in [7, 11) is 0. The number of nitrogens with zero attached hydrogens (tertiary/aromatic N) is 1. The van der Waals surface area contributed by atoms with Crippen LogP contribution in [0.4, 0.5) is 5.69 Å². The van der Waals surface area contributed by atoms with Gasteiger partial charge in [0.1, 0.15) is 0 Å². The van der Waals surface area contributed by atoms with Crippen LogP contribution in [0.5, 0.6) is 0 Å². The minimum atomic E-state index is -2.52. The van der Waals surface area contributed by atoms with Gasteiger partial charge in [-0.3, -0.25) is 13.8 Å². The number of aliphatic carboxylic acids is 1. The lowest BCUT2D eigenvalue weighted by atomic mass is 10.1. The van der Waals surface area contributed by atoms with E-state index < -0.39 is 17.2 Å². The third-order valence-electron chi connectivity index (χ3n) is 4.07. The van der Waals surface area contributed by atoms with E-state index in [2.05, 4.69) is 5.32 Å². The van der Waals surface area contributed by atoms with Crippen molar-refractivity contribution < 1.29 is 23.5 Å². The quantitative estimate of drug-likeness (QED) is 0.419. The van der Waals surface area contributed by atoms with Crippen molar-refractivity contribution in [2.24, 2.45) is 0 Å². The van der Waals surface area contributed by atoms with Crippen LogP contribution < -0.4 is 9.62 Å². The van der Waals surface area contributed by atoms with Crippen LogP contribution >= 0.6 is 23.2 Å². The first-order valence-electron chi connectivity index (χ1n) is 8.69. The van der Waals surface area contributed by atoms with E-state index in [4.69, 9.17) is 28.3 Å². The molecule has 2 N–H and O–H groups in total. The number of carbonyl (C=O) groups is 2. The summed E-state index contributed by atoms with van der Waals surface area (Å²) in [5, 5.41) is 12.0. The second kappa shape index (κ2) is 11.2. The van der Waals surface area contributed by atoms with E-state index in [9.17, 15) is 18.4 Å². The largest absolute Gasteiger partial charge is 0.755 e. The van der Waals surface area contributed by atoms with Crippen molar-refractivity contribution >= 4 is 52.0 Å². The average Bonchev–Trinajstić information content (AvgIpc) is 2.68. The Balaban J connectivity index is 2.00. The molecule has 10 heteroatoms. The summed E-state index contributed by atoms with van der Waals surface area (Å²) < 4.78 is 24.5. The highest BCUT2D eigenvalue weighted by Crippen LogP contribution is 2.26. The molecule has 0 spiro atoms. The van der Waals surface area contributed by atoms with Gasteiger partial charge in [-0.15, -0.1) is 0 Å². The molecular weight excluding hydrogens is 439 g/mol. The fourth-order valence-corrected chi connectivity index (χ4v) is 3.52. The third kappa shape index (κ3) is 7.01. The van der Waals surface area contributed by atoms with Gasteiger partial charge in [0.15, 0.2) is 0 Å². The Hall–Kier alpha value is -2.13. The zero-order chi connectivity index (χ0) is 21.4. The molecule has 0 aliphatic heterocycles. The van der Waals surface area contributed by atoms with Crippen LogP contribution in [-0.4, -0.2) is 38.8 Å². The van der Waals surface area contributed by atoms with Gasteiger partial charge in [0.2, 0.25) is 0 Å². The summed E-state index contributed by atoms with van der Waals surface area (Å²) in [4.78, 5) is 22.5. The minimum Gasteiger partial charge on any atom is -0.755 e. The van der Waals surface area contributed by atoms with Gasteiger partial charge in [0.05, 0.1) is 10.0 Å². The van der Waals surface area contributed by atoms with Crippen LogP contribution in [0.25, 0.3) is 0 Å². The predicted molar refractivity (Wildman–Crippen MR) is 112 cm³/mol. The Morgan fingerprint density at radius 1 is 1.14 bits per heavy atom. The van der Waals surface area contributed by atoms with Crippen molar-refractivity contribution in [1.29, 1.82) is 0 Å². The molecule has 0 aromatic heterocycles. The Morgan fingerprint density at radius 3 is 2.45 bits per heavy atom. The van der Waals surface area contributed by atoms with Crippen molar-refractivity contribution in [3.63, 3.8) is 0 Å². The molecule has 0 saturated carbocycles. The van der Waals surface area contributed by atoms with E-state index in [1.807, 2.05) is 0 Å². The molecule has 29 heavy (non-hydrogen) atoms. The van der Waals surface area contributed by atoms with Crippen molar-refractivity contribution in [3.8, 4) is 0 Å². The summed E-state index contributed by atoms with van der Waals surface area (Å²) in [6.07, 6.45) is 0.660. The molecule has 1 unspecified atom stereocenters. The average molecular weight is 458 g/mol. The molecular formula is C19H19Cl2N2O5S-. The number of carbonyl (C=O) groups excluding carboxylic acids is 1. The monoisotopic (exact) mass is 457 g/mol. The SMILES string of the molecule is O=C(O)CCCNC(=O)c1ccc(N(CCc2cccc(Cl)c2Cl)S(=O)[O-])cc1. The van der Waals surface area contributed by atoms with Gasteiger partial charge in [0, 0.05) is 42.0 Å². The molecule has 0 bridgehead atoms. The molecule has 1 atom stereocenters. The lowest BCUT2D eigenvalue weighted by molar-refractivity contribution is -0.137. The normalized spacial score (nSPS) is 11.7. The van der Waals surface area contributed by atoms with Crippen LogP contribution in [0.3, 0.4) is 0 Å². The number of hydrogen-bond acceptors (Lipinski definition) is 4. The summed E-state index contributed by atoms with van der Waals surface area (Å²) in [5.41, 5.74) is 1.48. The van der Waals surface area contributed by atoms with Crippen LogP contribution in [0, 0.1) is 0 Å². The zero-order valence-electron chi connectivity index (χ0n) is 15.3. The molecule has 0 aliphatic rings. The van der Waals surface area contributed by atoms with E-state index in [-0.39, 0.29) is 25.4 Å². The van der Waals surface area contributed by atoms with Gasteiger partial charge in [-0.05, 0) is 48.7 Å². The Bertz CT molecular complexity index is 893. The van der Waals surface area contributed by atoms with E-state index >= 15 is 0 Å². The first-order chi connectivity index (χ1) is 13.8. The number of anilines is 1. The van der Waals surface area contributed by atoms with Crippen LogP contribution in [0.15, 0.2) is 42.5 Å². The van der Waals surface area contributed by atoms with E-state index in [1.54, 1.807) is 18.2 Å². The van der Waals surface area contributed by atoms with E-state index in [1.165, 1.54) is 24.3 Å². The van der Waals surface area contributed by atoms with Crippen molar-refractivity contribution in [3.05, 3.63) is 63.6 Å². The molecule has 0 fully saturated rings. The topological polar surface area (TPSA) is 110 Å². The van der Waals surface area contributed by atoms with Gasteiger partial charge >= 0.3 is 5.97 Å². The van der Waals surface area contributed by atoms with Gasteiger partial charge in [-0.25, -0.2) is 0 Å². The third-order valence-corrected chi connectivity index (χ3v) is 5.68. The van der Waals surface area contributed by atoms with Gasteiger partial charge in [-0.2, -0.15) is 0 Å². The molecule has 2 rings (SSSR count). The standard InChI is InChI=1S/C19H20Cl2N2O5S/c20-16-4-1-3-13(18(16)21)10-12-23(29(27)28)15-8-6-14(7-9-15)19(26)22-11-2-5-17(24)25/h1,3-4,6-9H,2,5,10-12H2,(H,22,26)(H,24,25)(H,27,28)/p-1. The van der Waals surface area contributed by atoms with Gasteiger partial charge in [-0.1, -0.05) is 35.3 Å². The van der Waals surface area contributed by atoms with E-state index in [0.717, 1.165) is 9.87 Å². The van der Waals surface area contributed by atoms with Crippen LogP contribution in [-0.2, 0) is 22.5 Å². The van der Waals surface area contributed by atoms with Crippen LogP contribution in [0.2, 0.25) is 10.0 Å². The highest BCUT2D eigenvalue weighted by atomic mass is 35.5. The van der Waals surface area contributed by atoms with E-state index in [0.29, 0.717) is 34.1 Å². The van der Waals surface area contributed by atoms with Gasteiger partial charge in [0.25, 0.3) is 5.91 Å². The van der Waals surface area contributed by atoms with Crippen molar-refractivity contribution in [2.45, 2.75) is 19.3 Å². The number of amides is 1. The second-order valence-corrected chi connectivity index (χ2v) is 7.74. The Morgan fingerprint density at radius 2 is 1.83 bits per heavy atom. The maximum Gasteiger partial charge on any atom is 0.303 e. The molecule has 0 aliphatic carbocycles. The molecule has 2 aromatic rings. The lowest BCUT2D eigenvalue weighted by Crippen LogP contribution is -2.28. The van der Waals surface area contributed by atoms with Gasteiger partial charge < -0.3 is 19.3 Å². The van der Waals surface area contributed by atoms with Crippen molar-refractivity contribution in [2.75, 3.05) is 17.4 Å². The Labute approximate surface area is 181 Å². The van der Waals surface area contributed by atoms with Crippen molar-refractivity contribution in [1.82, 2.24) is 5.32 Å². The number of carboxylic acids is 1. The lowest BCUT2D eigenvalue weighted by Gasteiger charge is -2.26. The first-order valence-corrected chi connectivity index (χ1v) is 10.5. The second-order valence-electron chi connectivity index (χ2n) is 6.08.